The second-order valence-electron chi connectivity index (χ2n) is 7.04. The van der Waals surface area contributed by atoms with Crippen molar-refractivity contribution in [2.75, 3.05) is 0 Å². The van der Waals surface area contributed by atoms with E-state index in [9.17, 15) is 4.79 Å². The largest absolute Gasteiger partial charge is 0.462 e. The topological polar surface area (TPSA) is 26.3 Å². The second-order valence-corrected chi connectivity index (χ2v) is 7.60. The molecule has 2 nitrogen and oxygen atoms in total. The lowest BCUT2D eigenvalue weighted by Crippen LogP contribution is -2.39. The number of ether oxygens (including phenoxy) is 1. The average molecular weight is 301 g/mol. The van der Waals surface area contributed by atoms with Crippen LogP contribution >= 0.6 is 11.6 Å². The third-order valence-electron chi connectivity index (χ3n) is 4.89. The summed E-state index contributed by atoms with van der Waals surface area (Å²) >= 11 is 6.56. The molecule has 0 aliphatic heterocycles. The smallest absolute Gasteiger partial charge is 0.306 e. The van der Waals surface area contributed by atoms with E-state index in [1.807, 2.05) is 0 Å². The van der Waals surface area contributed by atoms with Gasteiger partial charge in [0.1, 0.15) is 6.10 Å². The molecule has 0 spiro atoms. The van der Waals surface area contributed by atoms with Gasteiger partial charge in [-0.3, -0.25) is 4.79 Å². The van der Waals surface area contributed by atoms with Crippen LogP contribution in [0.2, 0.25) is 0 Å². The molecule has 20 heavy (non-hydrogen) atoms. The van der Waals surface area contributed by atoms with Gasteiger partial charge in [0.15, 0.2) is 0 Å². The Morgan fingerprint density at radius 2 is 1.65 bits per heavy atom. The van der Waals surface area contributed by atoms with Gasteiger partial charge < -0.3 is 4.74 Å². The average Bonchev–Trinajstić information content (AvgIpc) is 2.39. The summed E-state index contributed by atoms with van der Waals surface area (Å²) in [6, 6.07) is 0. The Morgan fingerprint density at radius 3 is 2.30 bits per heavy atom. The fraction of sp³-hybridized carbons (Fsp3) is 0.941. The minimum Gasteiger partial charge on any atom is -0.462 e. The van der Waals surface area contributed by atoms with Crippen molar-refractivity contribution >= 4 is 17.6 Å². The highest BCUT2D eigenvalue weighted by atomic mass is 35.5. The zero-order valence-electron chi connectivity index (χ0n) is 12.9. The Labute approximate surface area is 128 Å². The summed E-state index contributed by atoms with van der Waals surface area (Å²) in [6.45, 7) is 4.13. The molecule has 116 valence electrons. The van der Waals surface area contributed by atoms with Gasteiger partial charge in [0.25, 0.3) is 0 Å². The lowest BCUT2D eigenvalue weighted by Gasteiger charge is -2.40. The molecule has 0 unspecified atom stereocenters. The van der Waals surface area contributed by atoms with Crippen molar-refractivity contribution in [2.24, 2.45) is 17.8 Å². The Kier molecular flexibility index (Phi) is 6.20. The number of hydrogen-bond acceptors (Lipinski definition) is 2. The molecule has 0 aromatic rings. The summed E-state index contributed by atoms with van der Waals surface area (Å²) in [4.78, 5) is 12.0. The van der Waals surface area contributed by atoms with Gasteiger partial charge in [-0.1, -0.05) is 33.1 Å². The van der Waals surface area contributed by atoms with Crippen molar-refractivity contribution in [3.63, 3.8) is 0 Å². The van der Waals surface area contributed by atoms with Gasteiger partial charge in [-0.05, 0) is 43.9 Å². The van der Waals surface area contributed by atoms with E-state index >= 15 is 0 Å². The highest BCUT2D eigenvalue weighted by molar-refractivity contribution is 6.20. The second kappa shape index (κ2) is 7.68. The van der Waals surface area contributed by atoms with E-state index in [4.69, 9.17) is 16.3 Å². The van der Waals surface area contributed by atoms with Gasteiger partial charge in [-0.15, -0.1) is 11.6 Å². The molecule has 2 fully saturated rings. The van der Waals surface area contributed by atoms with Crippen molar-refractivity contribution in [3.8, 4) is 0 Å². The van der Waals surface area contributed by atoms with Crippen LogP contribution in [-0.2, 0) is 9.53 Å². The third kappa shape index (κ3) is 4.38. The molecule has 0 saturated heterocycles. The monoisotopic (exact) mass is 300 g/mol. The van der Waals surface area contributed by atoms with Crippen molar-refractivity contribution < 1.29 is 9.53 Å². The van der Waals surface area contributed by atoms with E-state index in [0.29, 0.717) is 24.2 Å². The van der Waals surface area contributed by atoms with Crippen LogP contribution in [0.15, 0.2) is 0 Å². The summed E-state index contributed by atoms with van der Waals surface area (Å²) in [5.74, 6) is 1.42. The van der Waals surface area contributed by atoms with Crippen LogP contribution in [0.4, 0.5) is 0 Å². The van der Waals surface area contributed by atoms with Crippen molar-refractivity contribution in [2.45, 2.75) is 83.1 Å². The molecule has 0 aromatic heterocycles. The van der Waals surface area contributed by atoms with Gasteiger partial charge in [0.05, 0.1) is 0 Å². The Hall–Kier alpha value is -0.240. The summed E-state index contributed by atoms with van der Waals surface area (Å²) in [5, 5.41) is 0.290. The maximum absolute atomic E-state index is 12.0. The molecular formula is C17H29ClO2. The molecule has 2 rings (SSSR count). The fourth-order valence-corrected chi connectivity index (χ4v) is 4.38. The van der Waals surface area contributed by atoms with E-state index in [1.54, 1.807) is 0 Å². The maximum Gasteiger partial charge on any atom is 0.306 e. The van der Waals surface area contributed by atoms with Crippen LogP contribution in [0.3, 0.4) is 0 Å². The third-order valence-corrected chi connectivity index (χ3v) is 5.44. The summed E-state index contributed by atoms with van der Waals surface area (Å²) in [7, 11) is 0. The number of alkyl halides is 1. The SMILES string of the molecule is CC(C)CC(=O)O[C@@H]1CCCC[C@H]1[C@@H]1CCCC[C@H]1Cl. The van der Waals surface area contributed by atoms with E-state index in [-0.39, 0.29) is 17.5 Å². The molecule has 2 aliphatic rings. The number of rotatable bonds is 4. The molecule has 2 saturated carbocycles. The van der Waals surface area contributed by atoms with E-state index in [0.717, 1.165) is 12.8 Å². The zero-order chi connectivity index (χ0) is 14.5. The molecule has 0 aromatic carbocycles. The van der Waals surface area contributed by atoms with E-state index in [2.05, 4.69) is 13.8 Å². The number of halogens is 1. The molecule has 4 atom stereocenters. The summed E-state index contributed by atoms with van der Waals surface area (Å²) in [6.07, 6.45) is 10.2. The first-order chi connectivity index (χ1) is 9.58. The standard InChI is InChI=1S/C17H29ClO2/c1-12(2)11-17(19)20-16-10-6-4-8-14(16)13-7-3-5-9-15(13)18/h12-16H,3-11H2,1-2H3/t13-,14-,15+,16+/m0/s1. The number of carbonyl (C=O) groups excluding carboxylic acids is 1. The van der Waals surface area contributed by atoms with E-state index < -0.39 is 0 Å². The predicted molar refractivity (Wildman–Crippen MR) is 82.9 cm³/mol. The van der Waals surface area contributed by atoms with Crippen LogP contribution in [0.1, 0.15) is 71.6 Å². The van der Waals surface area contributed by atoms with Crippen LogP contribution in [0, 0.1) is 17.8 Å². The summed E-state index contributed by atoms with van der Waals surface area (Å²) in [5.41, 5.74) is 0. The molecule has 0 amide bonds. The van der Waals surface area contributed by atoms with Crippen molar-refractivity contribution in [1.82, 2.24) is 0 Å². The molecule has 0 N–H and O–H groups in total. The number of hydrogen-bond donors (Lipinski definition) is 0. The maximum atomic E-state index is 12.0. The first-order valence-corrected chi connectivity index (χ1v) is 8.85. The van der Waals surface area contributed by atoms with Gasteiger partial charge in [0.2, 0.25) is 0 Å². The van der Waals surface area contributed by atoms with Crippen LogP contribution < -0.4 is 0 Å². The zero-order valence-corrected chi connectivity index (χ0v) is 13.7. The highest BCUT2D eigenvalue weighted by Gasteiger charge is 2.38. The van der Waals surface area contributed by atoms with Crippen molar-refractivity contribution in [3.05, 3.63) is 0 Å². The predicted octanol–water partition coefficient (Wildman–Crippen LogP) is 4.93. The highest BCUT2D eigenvalue weighted by Crippen LogP contribution is 2.41. The fourth-order valence-electron chi connectivity index (χ4n) is 3.91. The molecule has 0 radical (unpaired) electrons. The van der Waals surface area contributed by atoms with Gasteiger partial charge in [-0.2, -0.15) is 0 Å². The Balaban J connectivity index is 1.95. The van der Waals surface area contributed by atoms with Crippen molar-refractivity contribution in [1.29, 1.82) is 0 Å². The quantitative estimate of drug-likeness (QED) is 0.543. The molecular weight excluding hydrogens is 272 g/mol. The van der Waals surface area contributed by atoms with Crippen LogP contribution in [0.5, 0.6) is 0 Å². The molecule has 0 heterocycles. The first-order valence-electron chi connectivity index (χ1n) is 8.41. The Bertz CT molecular complexity index is 316. The molecule has 3 heteroatoms. The molecule has 2 aliphatic carbocycles. The first kappa shape index (κ1) is 16.1. The lowest BCUT2D eigenvalue weighted by molar-refractivity contribution is -0.156. The normalized spacial score (nSPS) is 35.0. The van der Waals surface area contributed by atoms with Crippen LogP contribution in [0.25, 0.3) is 0 Å². The Morgan fingerprint density at radius 1 is 1.05 bits per heavy atom. The summed E-state index contributed by atoms with van der Waals surface area (Å²) < 4.78 is 5.82. The van der Waals surface area contributed by atoms with E-state index in [1.165, 1.54) is 38.5 Å². The number of carbonyl (C=O) groups is 1. The van der Waals surface area contributed by atoms with Gasteiger partial charge in [0, 0.05) is 17.7 Å². The number of esters is 1. The van der Waals surface area contributed by atoms with Gasteiger partial charge in [-0.25, -0.2) is 0 Å². The minimum absolute atomic E-state index is 0.0150. The molecule has 0 bridgehead atoms. The van der Waals surface area contributed by atoms with Crippen LogP contribution in [-0.4, -0.2) is 17.5 Å². The minimum atomic E-state index is -0.0150. The lowest BCUT2D eigenvalue weighted by atomic mass is 9.71. The van der Waals surface area contributed by atoms with Gasteiger partial charge >= 0.3 is 5.97 Å².